The second-order valence-electron chi connectivity index (χ2n) is 13.6. The first-order valence-corrected chi connectivity index (χ1v) is 13.4. The predicted molar refractivity (Wildman–Crippen MR) is 136 cm³/mol. The highest BCUT2D eigenvalue weighted by atomic mass is 16.5. The lowest BCUT2D eigenvalue weighted by atomic mass is 9.35. The van der Waals surface area contributed by atoms with Crippen LogP contribution in [0.5, 0.6) is 0 Å². The molecule has 0 N–H and O–H groups in total. The van der Waals surface area contributed by atoms with Crippen LogP contribution in [0.25, 0.3) is 0 Å². The Balaban J connectivity index is 1.71. The van der Waals surface area contributed by atoms with E-state index in [9.17, 15) is 19.6 Å². The monoisotopic (exact) mass is 489 g/mol. The van der Waals surface area contributed by atoms with Crippen molar-refractivity contribution in [3.63, 3.8) is 0 Å². The molecule has 5 nitrogen and oxygen atoms in total. The summed E-state index contributed by atoms with van der Waals surface area (Å²) in [5, 5.41) is 9.72. The maximum atomic E-state index is 14.3. The van der Waals surface area contributed by atoms with Gasteiger partial charge >= 0.3 is 5.97 Å². The molecule has 0 amide bonds. The van der Waals surface area contributed by atoms with Crippen molar-refractivity contribution in [1.82, 2.24) is 0 Å². The van der Waals surface area contributed by atoms with Crippen molar-refractivity contribution in [2.45, 2.75) is 86.5 Å². The number of nitrogens with zero attached hydrogens (tertiary/aromatic N) is 1. The fourth-order valence-electron chi connectivity index (χ4n) is 9.32. The maximum Gasteiger partial charge on any atom is 0.312 e. The summed E-state index contributed by atoms with van der Waals surface area (Å²) in [6, 6.07) is 2.11. The molecule has 5 rings (SSSR count). The van der Waals surface area contributed by atoms with Crippen molar-refractivity contribution in [3.05, 3.63) is 34.4 Å². The zero-order valence-electron chi connectivity index (χ0n) is 22.8. The van der Waals surface area contributed by atoms with Crippen molar-refractivity contribution in [1.29, 1.82) is 5.26 Å². The quantitative estimate of drug-likeness (QED) is 0.419. The summed E-state index contributed by atoms with van der Waals surface area (Å²) in [5.41, 5.74) is 1.14. The zero-order chi connectivity index (χ0) is 26.5. The first kappa shape index (κ1) is 25.2. The van der Waals surface area contributed by atoms with E-state index in [1.165, 1.54) is 7.11 Å². The lowest BCUT2D eigenvalue weighted by Crippen LogP contribution is -2.64. The molecule has 3 fully saturated rings. The van der Waals surface area contributed by atoms with Crippen LogP contribution in [0.1, 0.15) is 86.5 Å². The zero-order valence-corrected chi connectivity index (χ0v) is 22.8. The lowest BCUT2D eigenvalue weighted by Gasteiger charge is -2.67. The number of esters is 1. The molecule has 1 unspecified atom stereocenters. The Morgan fingerprint density at radius 3 is 2.36 bits per heavy atom. The Kier molecular flexibility index (Phi) is 5.26. The van der Waals surface area contributed by atoms with Crippen LogP contribution in [0.15, 0.2) is 34.4 Å². The minimum absolute atomic E-state index is 0.0563. The van der Waals surface area contributed by atoms with Gasteiger partial charge in [0.2, 0.25) is 0 Å². The predicted octanol–water partition coefficient (Wildman–Crippen LogP) is 6.05. The normalized spacial score (nSPS) is 43.2. The molecule has 192 valence electrons. The Labute approximate surface area is 215 Å². The van der Waals surface area contributed by atoms with Crippen LogP contribution >= 0.6 is 0 Å². The summed E-state index contributed by atoms with van der Waals surface area (Å²) in [5.74, 6) is -0.547. The van der Waals surface area contributed by atoms with Gasteiger partial charge in [-0.25, -0.2) is 0 Å². The van der Waals surface area contributed by atoms with Gasteiger partial charge in [0.15, 0.2) is 11.6 Å². The number of Topliss-reactive ketones (excluding diaryl/α,β-unsaturated/α-hetero) is 1. The van der Waals surface area contributed by atoms with E-state index in [2.05, 4.69) is 40.7 Å². The van der Waals surface area contributed by atoms with Crippen molar-refractivity contribution in [2.24, 2.45) is 38.9 Å². The molecule has 3 saturated carbocycles. The van der Waals surface area contributed by atoms with Gasteiger partial charge in [-0.1, -0.05) is 27.7 Å². The summed E-state index contributed by atoms with van der Waals surface area (Å²) in [6.07, 6.45) is 9.38. The van der Waals surface area contributed by atoms with E-state index >= 15 is 0 Å². The number of hydrogen-bond acceptors (Lipinski definition) is 5. The topological polar surface area (TPSA) is 84.2 Å². The molecule has 0 aliphatic heterocycles. The third-order valence-electron chi connectivity index (χ3n) is 11.6. The molecule has 5 heteroatoms. The van der Waals surface area contributed by atoms with Gasteiger partial charge in [0.1, 0.15) is 6.07 Å². The Morgan fingerprint density at radius 1 is 1.06 bits per heavy atom. The van der Waals surface area contributed by atoms with Crippen molar-refractivity contribution >= 4 is 17.5 Å². The van der Waals surface area contributed by atoms with E-state index in [-0.39, 0.29) is 51.2 Å². The van der Waals surface area contributed by atoms with Crippen LogP contribution in [0.4, 0.5) is 0 Å². The molecule has 6 atom stereocenters. The number of carbonyl (C=O) groups is 3. The number of allylic oxidation sites excluding steroid dienone is 6. The minimum atomic E-state index is -0.623. The highest BCUT2D eigenvalue weighted by molar-refractivity contribution is 6.12. The van der Waals surface area contributed by atoms with Gasteiger partial charge in [0, 0.05) is 11.3 Å². The average molecular weight is 490 g/mol. The minimum Gasteiger partial charge on any atom is -0.469 e. The van der Waals surface area contributed by atoms with Crippen LogP contribution in [0, 0.1) is 50.2 Å². The standard InChI is InChI=1S/C31H39NO4/c1-18-20-8-9-29(5)23(28(20,4)15-19(17-32)25(18)34)14-22(33)24-21-16-27(2,3)10-12-31(21,26(35)36-7)13-11-30(24,29)6/h14-15,21,24H,8-13,16H2,1-7H3/t21?,24-,28+,29-,30-,31+/m1/s1. The molecule has 0 radical (unpaired) electrons. The number of hydrogen-bond donors (Lipinski definition) is 0. The number of ether oxygens (including phenoxy) is 1. The summed E-state index contributed by atoms with van der Waals surface area (Å²) in [6.45, 7) is 13.0. The van der Waals surface area contributed by atoms with E-state index in [0.29, 0.717) is 5.57 Å². The number of fused-ring (bicyclic) bond motifs is 7. The van der Waals surface area contributed by atoms with E-state index in [1.807, 2.05) is 19.1 Å². The van der Waals surface area contributed by atoms with Gasteiger partial charge in [0.25, 0.3) is 0 Å². The molecule has 36 heavy (non-hydrogen) atoms. The summed E-state index contributed by atoms with van der Waals surface area (Å²) >= 11 is 0. The van der Waals surface area contributed by atoms with E-state index < -0.39 is 10.8 Å². The van der Waals surface area contributed by atoms with Gasteiger partial charge in [-0.3, -0.25) is 14.4 Å². The van der Waals surface area contributed by atoms with Crippen molar-refractivity contribution in [2.75, 3.05) is 7.11 Å². The number of methoxy groups -OCH3 is 1. The number of nitriles is 1. The summed E-state index contributed by atoms with van der Waals surface area (Å²) in [4.78, 5) is 40.4. The van der Waals surface area contributed by atoms with E-state index in [1.54, 1.807) is 0 Å². The second-order valence-corrected chi connectivity index (χ2v) is 13.6. The molecule has 0 aromatic carbocycles. The number of rotatable bonds is 1. The van der Waals surface area contributed by atoms with Crippen LogP contribution in [0.2, 0.25) is 0 Å². The molecular formula is C31H39NO4. The van der Waals surface area contributed by atoms with Crippen molar-refractivity contribution < 1.29 is 19.1 Å². The molecule has 0 heterocycles. The highest BCUT2D eigenvalue weighted by Gasteiger charge is 2.69. The summed E-state index contributed by atoms with van der Waals surface area (Å²) in [7, 11) is 1.48. The molecule has 5 aliphatic rings. The largest absolute Gasteiger partial charge is 0.469 e. The Hall–Kier alpha value is -2.48. The molecule has 0 spiro atoms. The van der Waals surface area contributed by atoms with Gasteiger partial charge in [-0.2, -0.15) is 5.26 Å². The number of carbonyl (C=O) groups excluding carboxylic acids is 3. The van der Waals surface area contributed by atoms with Crippen LogP contribution in [-0.4, -0.2) is 24.6 Å². The van der Waals surface area contributed by atoms with E-state index in [4.69, 9.17) is 4.74 Å². The van der Waals surface area contributed by atoms with Gasteiger partial charge in [-0.05, 0) is 110 Å². The highest BCUT2D eigenvalue weighted by Crippen LogP contribution is 2.73. The van der Waals surface area contributed by atoms with Gasteiger partial charge in [0.05, 0.1) is 18.1 Å². The van der Waals surface area contributed by atoms with Crippen LogP contribution in [0.3, 0.4) is 0 Å². The molecule has 0 bridgehead atoms. The fraction of sp³-hybridized carbons (Fsp3) is 0.677. The smallest absolute Gasteiger partial charge is 0.312 e. The molecule has 0 aromatic rings. The van der Waals surface area contributed by atoms with Crippen molar-refractivity contribution in [3.8, 4) is 6.07 Å². The van der Waals surface area contributed by atoms with Crippen LogP contribution in [-0.2, 0) is 19.1 Å². The lowest BCUT2D eigenvalue weighted by molar-refractivity contribution is -0.188. The third kappa shape index (κ3) is 2.91. The van der Waals surface area contributed by atoms with Gasteiger partial charge in [-0.15, -0.1) is 0 Å². The van der Waals surface area contributed by atoms with E-state index in [0.717, 1.165) is 56.1 Å². The molecule has 0 saturated heterocycles. The molecule has 5 aliphatic carbocycles. The number of ketones is 2. The Bertz CT molecular complexity index is 1230. The third-order valence-corrected chi connectivity index (χ3v) is 11.6. The molecule has 0 aromatic heterocycles. The SMILES string of the molecule is COC(=O)[C@]12CCC(C)(C)CC1[C@@H]1C(=O)C=C3[C@@]4(C)C=C(C#N)C(=O)C(C)=C4CC[C@@]3(C)[C@]1(C)CC2. The maximum absolute atomic E-state index is 14.3. The summed E-state index contributed by atoms with van der Waals surface area (Å²) < 4.78 is 5.39. The Morgan fingerprint density at radius 2 is 1.72 bits per heavy atom. The fourth-order valence-corrected chi connectivity index (χ4v) is 9.32. The first-order chi connectivity index (χ1) is 16.7. The second kappa shape index (κ2) is 7.53. The van der Waals surface area contributed by atoms with Crippen LogP contribution < -0.4 is 0 Å². The van der Waals surface area contributed by atoms with Gasteiger partial charge < -0.3 is 4.74 Å². The first-order valence-electron chi connectivity index (χ1n) is 13.4. The average Bonchev–Trinajstić information content (AvgIpc) is 2.82. The molecular weight excluding hydrogens is 450 g/mol.